The van der Waals surface area contributed by atoms with E-state index < -0.39 is 0 Å². The van der Waals surface area contributed by atoms with Gasteiger partial charge in [0.05, 0.1) is 17.3 Å². The largest absolute Gasteiger partial charge is 0.488 e. The zero-order valence-corrected chi connectivity index (χ0v) is 13.7. The lowest BCUT2D eigenvalue weighted by molar-refractivity contribution is 0.299. The van der Waals surface area contributed by atoms with Gasteiger partial charge in [-0.15, -0.1) is 0 Å². The Morgan fingerprint density at radius 1 is 1.30 bits per heavy atom. The van der Waals surface area contributed by atoms with E-state index in [9.17, 15) is 0 Å². The molecule has 0 fully saturated rings. The Kier molecular flexibility index (Phi) is 5.26. The molecule has 0 spiro atoms. The standard InChI is InChI=1S/C16H20BrNO2/c1-11(2)18-9-16-13(6-7-19-16)10-20-15-5-4-12(3)8-14(15)17/h4-8,11,18H,9-10H2,1-3H3. The van der Waals surface area contributed by atoms with Crippen LogP contribution in [0.25, 0.3) is 0 Å². The number of nitrogens with one attached hydrogen (secondary N) is 1. The van der Waals surface area contributed by atoms with E-state index >= 15 is 0 Å². The summed E-state index contributed by atoms with van der Waals surface area (Å²) in [6, 6.07) is 8.45. The summed E-state index contributed by atoms with van der Waals surface area (Å²) in [5.41, 5.74) is 2.28. The summed E-state index contributed by atoms with van der Waals surface area (Å²) in [4.78, 5) is 0. The number of rotatable bonds is 6. The van der Waals surface area contributed by atoms with Gasteiger partial charge in [0.1, 0.15) is 18.1 Å². The summed E-state index contributed by atoms with van der Waals surface area (Å²) in [7, 11) is 0. The molecule has 0 unspecified atom stereocenters. The number of hydrogen-bond acceptors (Lipinski definition) is 3. The monoisotopic (exact) mass is 337 g/mol. The maximum atomic E-state index is 5.85. The van der Waals surface area contributed by atoms with Gasteiger partial charge in [0.15, 0.2) is 0 Å². The summed E-state index contributed by atoms with van der Waals surface area (Å²) in [6.07, 6.45) is 1.71. The van der Waals surface area contributed by atoms with Gasteiger partial charge in [0, 0.05) is 11.6 Å². The molecule has 20 heavy (non-hydrogen) atoms. The lowest BCUT2D eigenvalue weighted by atomic mass is 10.2. The summed E-state index contributed by atoms with van der Waals surface area (Å²) < 4.78 is 12.3. The van der Waals surface area contributed by atoms with Gasteiger partial charge in [-0.25, -0.2) is 0 Å². The van der Waals surface area contributed by atoms with Crippen molar-refractivity contribution in [2.45, 2.75) is 40.0 Å². The van der Waals surface area contributed by atoms with Crippen LogP contribution in [-0.4, -0.2) is 6.04 Å². The van der Waals surface area contributed by atoms with Crippen LogP contribution in [0.2, 0.25) is 0 Å². The van der Waals surface area contributed by atoms with Crippen LogP contribution in [0.15, 0.2) is 39.4 Å². The zero-order chi connectivity index (χ0) is 14.5. The van der Waals surface area contributed by atoms with Crippen molar-refractivity contribution < 1.29 is 9.15 Å². The first kappa shape index (κ1) is 15.1. The van der Waals surface area contributed by atoms with Crippen LogP contribution >= 0.6 is 15.9 Å². The molecular formula is C16H20BrNO2. The molecule has 4 heteroatoms. The maximum Gasteiger partial charge on any atom is 0.134 e. The number of ether oxygens (including phenoxy) is 1. The molecule has 0 bridgehead atoms. The van der Waals surface area contributed by atoms with E-state index in [4.69, 9.17) is 9.15 Å². The molecule has 0 saturated heterocycles. The van der Waals surface area contributed by atoms with E-state index in [0.29, 0.717) is 12.6 Å². The van der Waals surface area contributed by atoms with Gasteiger partial charge in [-0.1, -0.05) is 19.9 Å². The van der Waals surface area contributed by atoms with Crippen LogP contribution < -0.4 is 10.1 Å². The Bertz CT molecular complexity index is 563. The normalized spacial score (nSPS) is 11.1. The van der Waals surface area contributed by atoms with Crippen LogP contribution in [0.3, 0.4) is 0 Å². The molecule has 2 aromatic rings. The Morgan fingerprint density at radius 2 is 2.10 bits per heavy atom. The highest BCUT2D eigenvalue weighted by Gasteiger charge is 2.09. The van der Waals surface area contributed by atoms with Gasteiger partial charge in [0.25, 0.3) is 0 Å². The van der Waals surface area contributed by atoms with Crippen molar-refractivity contribution >= 4 is 15.9 Å². The summed E-state index contributed by atoms with van der Waals surface area (Å²) >= 11 is 3.52. The highest BCUT2D eigenvalue weighted by Crippen LogP contribution is 2.27. The Morgan fingerprint density at radius 3 is 2.80 bits per heavy atom. The third-order valence-electron chi connectivity index (χ3n) is 2.98. The van der Waals surface area contributed by atoms with Gasteiger partial charge < -0.3 is 14.5 Å². The summed E-state index contributed by atoms with van der Waals surface area (Å²) in [6.45, 7) is 7.51. The van der Waals surface area contributed by atoms with E-state index in [-0.39, 0.29) is 0 Å². The number of benzene rings is 1. The second-order valence-corrected chi connectivity index (χ2v) is 5.98. The molecule has 0 aliphatic carbocycles. The fraction of sp³-hybridized carbons (Fsp3) is 0.375. The quantitative estimate of drug-likeness (QED) is 0.846. The molecule has 3 nitrogen and oxygen atoms in total. The van der Waals surface area contributed by atoms with Crippen LogP contribution in [0.4, 0.5) is 0 Å². The van der Waals surface area contributed by atoms with E-state index in [2.05, 4.69) is 42.0 Å². The van der Waals surface area contributed by atoms with Crippen molar-refractivity contribution in [3.8, 4) is 5.75 Å². The number of furan rings is 1. The molecule has 1 aromatic heterocycles. The molecule has 1 heterocycles. The highest BCUT2D eigenvalue weighted by molar-refractivity contribution is 9.10. The van der Waals surface area contributed by atoms with Gasteiger partial charge in [-0.05, 0) is 46.6 Å². The number of aryl methyl sites for hydroxylation is 1. The average Bonchev–Trinajstić information content (AvgIpc) is 2.83. The first-order valence-corrected chi connectivity index (χ1v) is 7.53. The Labute approximate surface area is 128 Å². The lowest BCUT2D eigenvalue weighted by Crippen LogP contribution is -2.22. The van der Waals surface area contributed by atoms with Crippen LogP contribution in [0.5, 0.6) is 5.75 Å². The third kappa shape index (κ3) is 4.12. The number of halogens is 1. The average molecular weight is 338 g/mol. The smallest absolute Gasteiger partial charge is 0.134 e. The molecule has 0 radical (unpaired) electrons. The molecule has 0 amide bonds. The molecule has 2 rings (SSSR count). The minimum atomic E-state index is 0.431. The predicted octanol–water partition coefficient (Wildman–Crippen LogP) is 4.43. The Balaban J connectivity index is 1.98. The summed E-state index contributed by atoms with van der Waals surface area (Å²) in [5.74, 6) is 1.78. The van der Waals surface area contributed by atoms with E-state index in [1.165, 1.54) is 5.56 Å². The third-order valence-corrected chi connectivity index (χ3v) is 3.60. The summed E-state index contributed by atoms with van der Waals surface area (Å²) in [5, 5.41) is 3.35. The van der Waals surface area contributed by atoms with Crippen molar-refractivity contribution in [1.82, 2.24) is 5.32 Å². The van der Waals surface area contributed by atoms with Crippen LogP contribution in [0, 0.1) is 6.92 Å². The van der Waals surface area contributed by atoms with Gasteiger partial charge >= 0.3 is 0 Å². The topological polar surface area (TPSA) is 34.4 Å². The van der Waals surface area contributed by atoms with Crippen molar-refractivity contribution in [3.05, 3.63) is 51.9 Å². The van der Waals surface area contributed by atoms with Crippen LogP contribution in [-0.2, 0) is 13.2 Å². The van der Waals surface area contributed by atoms with E-state index in [1.807, 2.05) is 24.3 Å². The predicted molar refractivity (Wildman–Crippen MR) is 83.9 cm³/mol. The maximum absolute atomic E-state index is 5.85. The SMILES string of the molecule is Cc1ccc(OCc2ccoc2CNC(C)C)c(Br)c1. The van der Waals surface area contributed by atoms with E-state index in [0.717, 1.165) is 28.1 Å². The second kappa shape index (κ2) is 6.95. The van der Waals surface area contributed by atoms with Gasteiger partial charge in [-0.3, -0.25) is 0 Å². The van der Waals surface area contributed by atoms with Gasteiger partial charge in [0.2, 0.25) is 0 Å². The van der Waals surface area contributed by atoms with Gasteiger partial charge in [-0.2, -0.15) is 0 Å². The van der Waals surface area contributed by atoms with Crippen molar-refractivity contribution in [3.63, 3.8) is 0 Å². The molecule has 1 N–H and O–H groups in total. The van der Waals surface area contributed by atoms with Crippen molar-refractivity contribution in [2.24, 2.45) is 0 Å². The Hall–Kier alpha value is -1.26. The van der Waals surface area contributed by atoms with Crippen molar-refractivity contribution in [2.75, 3.05) is 0 Å². The molecule has 0 saturated carbocycles. The highest BCUT2D eigenvalue weighted by atomic mass is 79.9. The van der Waals surface area contributed by atoms with E-state index in [1.54, 1.807) is 6.26 Å². The molecule has 0 aliphatic heterocycles. The minimum absolute atomic E-state index is 0.431. The fourth-order valence-corrected chi connectivity index (χ4v) is 2.43. The zero-order valence-electron chi connectivity index (χ0n) is 12.1. The molecule has 0 aliphatic rings. The molecular weight excluding hydrogens is 318 g/mol. The number of hydrogen-bond donors (Lipinski definition) is 1. The lowest BCUT2D eigenvalue weighted by Gasteiger charge is -2.10. The fourth-order valence-electron chi connectivity index (χ4n) is 1.83. The molecule has 108 valence electrons. The second-order valence-electron chi connectivity index (χ2n) is 5.13. The molecule has 0 atom stereocenters. The molecule has 1 aromatic carbocycles. The van der Waals surface area contributed by atoms with Crippen molar-refractivity contribution in [1.29, 1.82) is 0 Å². The minimum Gasteiger partial charge on any atom is -0.488 e. The first-order valence-electron chi connectivity index (χ1n) is 6.74. The first-order chi connectivity index (χ1) is 9.56. The van der Waals surface area contributed by atoms with Crippen LogP contribution in [0.1, 0.15) is 30.7 Å².